The van der Waals surface area contributed by atoms with Crippen LogP contribution in [0.1, 0.15) is 20.3 Å². The molecule has 2 unspecified atom stereocenters. The predicted octanol–water partition coefficient (Wildman–Crippen LogP) is 0.841. The molecule has 0 heterocycles. The number of methoxy groups -OCH3 is 1. The Labute approximate surface area is 91.8 Å². The quantitative estimate of drug-likeness (QED) is 0.702. The van der Waals surface area contributed by atoms with Crippen molar-refractivity contribution in [3.63, 3.8) is 0 Å². The molecular formula is C9H16F3NO3. The molecule has 2 N–H and O–H groups in total. The van der Waals surface area contributed by atoms with Crippen LogP contribution in [-0.2, 0) is 9.53 Å². The average Bonchev–Trinajstić information content (AvgIpc) is 2.11. The number of ether oxygens (including phenoxy) is 1. The Hall–Kier alpha value is -0.820. The van der Waals surface area contributed by atoms with Crippen LogP contribution in [0.5, 0.6) is 0 Å². The molecule has 0 aliphatic rings. The van der Waals surface area contributed by atoms with E-state index in [2.05, 4.69) is 10.1 Å². The van der Waals surface area contributed by atoms with Crippen LogP contribution in [0.25, 0.3) is 0 Å². The molecule has 0 radical (unpaired) electrons. The van der Waals surface area contributed by atoms with E-state index in [0.29, 0.717) is 0 Å². The molecule has 0 aromatic carbocycles. The summed E-state index contributed by atoms with van der Waals surface area (Å²) in [7, 11) is 1.09. The number of aliphatic hydroxyl groups is 1. The Morgan fingerprint density at radius 1 is 1.50 bits per heavy atom. The van der Waals surface area contributed by atoms with Crippen LogP contribution in [-0.4, -0.2) is 42.5 Å². The number of esters is 1. The average molecular weight is 243 g/mol. The van der Waals surface area contributed by atoms with Crippen molar-refractivity contribution < 1.29 is 27.8 Å². The number of halogens is 3. The monoisotopic (exact) mass is 243 g/mol. The van der Waals surface area contributed by atoms with E-state index in [-0.39, 0.29) is 6.54 Å². The number of carbonyl (C=O) groups excluding carboxylic acids is 1. The molecule has 0 aliphatic heterocycles. The van der Waals surface area contributed by atoms with E-state index in [4.69, 9.17) is 0 Å². The van der Waals surface area contributed by atoms with Gasteiger partial charge in [0.2, 0.25) is 0 Å². The number of rotatable bonds is 5. The van der Waals surface area contributed by atoms with Gasteiger partial charge in [-0.15, -0.1) is 0 Å². The van der Waals surface area contributed by atoms with Gasteiger partial charge in [0, 0.05) is 12.6 Å². The first-order chi connectivity index (χ1) is 7.08. The van der Waals surface area contributed by atoms with Crippen LogP contribution in [0.4, 0.5) is 13.2 Å². The van der Waals surface area contributed by atoms with E-state index >= 15 is 0 Å². The molecule has 0 saturated carbocycles. The zero-order chi connectivity index (χ0) is 13.0. The molecule has 4 nitrogen and oxygen atoms in total. The molecule has 0 aromatic rings. The van der Waals surface area contributed by atoms with Crippen molar-refractivity contribution in [2.75, 3.05) is 13.7 Å². The third kappa shape index (κ3) is 5.92. The number of alkyl halides is 3. The van der Waals surface area contributed by atoms with Gasteiger partial charge in [0.05, 0.1) is 13.5 Å². The summed E-state index contributed by atoms with van der Waals surface area (Å²) in [4.78, 5) is 11.0. The fourth-order valence-corrected chi connectivity index (χ4v) is 1.08. The largest absolute Gasteiger partial charge is 0.467 e. The summed E-state index contributed by atoms with van der Waals surface area (Å²) < 4.78 is 40.2. The van der Waals surface area contributed by atoms with Crippen molar-refractivity contribution in [2.45, 2.75) is 38.1 Å². The number of nitrogens with one attached hydrogen (secondary N) is 1. The SMILES string of the molecule is COC(=O)C(C)(O)CNC(C)CC(F)(F)F. The van der Waals surface area contributed by atoms with Crippen LogP contribution in [0.2, 0.25) is 0 Å². The van der Waals surface area contributed by atoms with Gasteiger partial charge >= 0.3 is 12.1 Å². The van der Waals surface area contributed by atoms with E-state index in [9.17, 15) is 23.1 Å². The first kappa shape index (κ1) is 15.2. The molecular weight excluding hydrogens is 227 g/mol. The molecule has 0 bridgehead atoms. The lowest BCUT2D eigenvalue weighted by Gasteiger charge is -2.23. The molecule has 0 spiro atoms. The number of carbonyl (C=O) groups is 1. The zero-order valence-electron chi connectivity index (χ0n) is 9.39. The Balaban J connectivity index is 4.10. The van der Waals surface area contributed by atoms with Gasteiger partial charge in [-0.3, -0.25) is 0 Å². The van der Waals surface area contributed by atoms with Crippen LogP contribution in [0.3, 0.4) is 0 Å². The van der Waals surface area contributed by atoms with Gasteiger partial charge in [-0.25, -0.2) is 4.79 Å². The minimum Gasteiger partial charge on any atom is -0.467 e. The Kier molecular flexibility index (Phi) is 5.21. The maximum absolute atomic E-state index is 12.0. The maximum atomic E-state index is 12.0. The number of hydrogen-bond donors (Lipinski definition) is 2. The van der Waals surface area contributed by atoms with Crippen LogP contribution < -0.4 is 5.32 Å². The normalized spacial score (nSPS) is 17.7. The summed E-state index contributed by atoms with van der Waals surface area (Å²) >= 11 is 0. The minimum atomic E-state index is -4.27. The summed E-state index contributed by atoms with van der Waals surface area (Å²) in [5, 5.41) is 11.9. The topological polar surface area (TPSA) is 58.6 Å². The van der Waals surface area contributed by atoms with Gasteiger partial charge in [-0.05, 0) is 13.8 Å². The predicted molar refractivity (Wildman–Crippen MR) is 50.8 cm³/mol. The Bertz CT molecular complexity index is 241. The number of hydrogen-bond acceptors (Lipinski definition) is 4. The summed E-state index contributed by atoms with van der Waals surface area (Å²) in [6.07, 6.45) is -5.30. The van der Waals surface area contributed by atoms with E-state index in [0.717, 1.165) is 7.11 Å². The standard InChI is InChI=1S/C9H16F3NO3/c1-6(4-9(10,11)12)13-5-8(2,15)7(14)16-3/h6,13,15H,4-5H2,1-3H3. The first-order valence-corrected chi connectivity index (χ1v) is 4.69. The van der Waals surface area contributed by atoms with Gasteiger partial charge in [0.25, 0.3) is 0 Å². The van der Waals surface area contributed by atoms with Crippen molar-refractivity contribution >= 4 is 5.97 Å². The molecule has 7 heteroatoms. The fourth-order valence-electron chi connectivity index (χ4n) is 1.08. The van der Waals surface area contributed by atoms with Crippen molar-refractivity contribution in [2.24, 2.45) is 0 Å². The third-order valence-corrected chi connectivity index (χ3v) is 1.96. The zero-order valence-corrected chi connectivity index (χ0v) is 9.39. The van der Waals surface area contributed by atoms with Gasteiger partial charge in [0.1, 0.15) is 0 Å². The molecule has 0 saturated heterocycles. The van der Waals surface area contributed by atoms with Gasteiger partial charge in [-0.2, -0.15) is 13.2 Å². The fraction of sp³-hybridized carbons (Fsp3) is 0.889. The first-order valence-electron chi connectivity index (χ1n) is 4.69. The van der Waals surface area contributed by atoms with E-state index < -0.39 is 30.2 Å². The van der Waals surface area contributed by atoms with Crippen LogP contribution >= 0.6 is 0 Å². The molecule has 96 valence electrons. The van der Waals surface area contributed by atoms with E-state index in [1.54, 1.807) is 0 Å². The summed E-state index contributed by atoms with van der Waals surface area (Å²) in [6.45, 7) is 2.20. The highest BCUT2D eigenvalue weighted by Crippen LogP contribution is 2.21. The van der Waals surface area contributed by atoms with Gasteiger partial charge < -0.3 is 15.2 Å². The van der Waals surface area contributed by atoms with Gasteiger partial charge in [0.15, 0.2) is 5.60 Å². The summed E-state index contributed by atoms with van der Waals surface area (Å²) in [5.74, 6) is -0.890. The highest BCUT2D eigenvalue weighted by atomic mass is 19.4. The summed E-state index contributed by atoms with van der Waals surface area (Å²) in [5.41, 5.74) is -1.82. The van der Waals surface area contributed by atoms with Crippen LogP contribution in [0, 0.1) is 0 Å². The van der Waals surface area contributed by atoms with Crippen molar-refractivity contribution in [1.82, 2.24) is 5.32 Å². The smallest absolute Gasteiger partial charge is 0.390 e. The maximum Gasteiger partial charge on any atom is 0.390 e. The molecule has 2 atom stereocenters. The highest BCUT2D eigenvalue weighted by molar-refractivity contribution is 5.78. The summed E-state index contributed by atoms with van der Waals surface area (Å²) in [6, 6.07) is -0.879. The van der Waals surface area contributed by atoms with E-state index in [1.807, 2.05) is 0 Å². The second kappa shape index (κ2) is 5.49. The Morgan fingerprint density at radius 2 is 2.00 bits per heavy atom. The third-order valence-electron chi connectivity index (χ3n) is 1.96. The van der Waals surface area contributed by atoms with Crippen molar-refractivity contribution in [3.05, 3.63) is 0 Å². The van der Waals surface area contributed by atoms with Crippen molar-refractivity contribution in [3.8, 4) is 0 Å². The minimum absolute atomic E-state index is 0.295. The Morgan fingerprint density at radius 3 is 2.38 bits per heavy atom. The molecule has 0 rings (SSSR count). The highest BCUT2D eigenvalue weighted by Gasteiger charge is 2.34. The molecule has 0 aromatic heterocycles. The molecule has 0 aliphatic carbocycles. The van der Waals surface area contributed by atoms with Crippen molar-refractivity contribution in [1.29, 1.82) is 0 Å². The molecule has 16 heavy (non-hydrogen) atoms. The van der Waals surface area contributed by atoms with Gasteiger partial charge in [-0.1, -0.05) is 0 Å². The second-order valence-electron chi connectivity index (χ2n) is 3.87. The molecule has 0 fully saturated rings. The van der Waals surface area contributed by atoms with Crippen LogP contribution in [0.15, 0.2) is 0 Å². The lowest BCUT2D eigenvalue weighted by Crippen LogP contribution is -2.48. The molecule has 0 amide bonds. The van der Waals surface area contributed by atoms with E-state index in [1.165, 1.54) is 13.8 Å². The lowest BCUT2D eigenvalue weighted by molar-refractivity contribution is -0.160. The lowest BCUT2D eigenvalue weighted by atomic mass is 10.1. The second-order valence-corrected chi connectivity index (χ2v) is 3.87.